The summed E-state index contributed by atoms with van der Waals surface area (Å²) in [4.78, 5) is 25.5. The van der Waals surface area contributed by atoms with E-state index in [0.29, 0.717) is 18.2 Å². The van der Waals surface area contributed by atoms with Crippen LogP contribution in [0.15, 0.2) is 41.8 Å². The average Bonchev–Trinajstić information content (AvgIpc) is 3.07. The number of hydrogen-bond acceptors (Lipinski definition) is 5. The zero-order valence-electron chi connectivity index (χ0n) is 13.8. The van der Waals surface area contributed by atoms with Crippen molar-refractivity contribution in [3.05, 3.63) is 36.7 Å². The van der Waals surface area contributed by atoms with Crippen LogP contribution in [-0.2, 0) is 9.59 Å². The van der Waals surface area contributed by atoms with E-state index in [2.05, 4.69) is 15.5 Å². The van der Waals surface area contributed by atoms with Gasteiger partial charge in [0.05, 0.1) is 12.3 Å². The third-order valence-electron chi connectivity index (χ3n) is 3.32. The highest BCUT2D eigenvalue weighted by molar-refractivity contribution is 7.99. The number of aromatic nitrogens is 3. The van der Waals surface area contributed by atoms with E-state index in [9.17, 15) is 9.59 Å². The molecule has 2 amide bonds. The Morgan fingerprint density at radius 2 is 2.00 bits per heavy atom. The van der Waals surface area contributed by atoms with Gasteiger partial charge >= 0.3 is 0 Å². The number of likely N-dealkylation sites (N-methyl/N-ethyl adjacent to an activating group) is 2. The van der Waals surface area contributed by atoms with Crippen LogP contribution in [0.4, 0.5) is 0 Å². The van der Waals surface area contributed by atoms with Crippen LogP contribution in [0.3, 0.4) is 0 Å². The fraction of sp³-hybridized carbons (Fsp3) is 0.375. The first-order valence-corrected chi connectivity index (χ1v) is 8.77. The molecular weight excluding hydrogens is 326 g/mol. The molecule has 0 fully saturated rings. The predicted octanol–water partition coefficient (Wildman–Crippen LogP) is 1.34. The topological polar surface area (TPSA) is 80.1 Å². The van der Waals surface area contributed by atoms with Crippen molar-refractivity contribution < 1.29 is 9.59 Å². The van der Waals surface area contributed by atoms with E-state index >= 15 is 0 Å². The molecular formula is C16H21N5O2S. The van der Waals surface area contributed by atoms with Crippen LogP contribution in [0.1, 0.15) is 13.8 Å². The molecule has 1 N–H and O–H groups in total. The molecule has 0 unspecified atom stereocenters. The van der Waals surface area contributed by atoms with Crippen LogP contribution in [0.2, 0.25) is 0 Å². The molecule has 0 atom stereocenters. The van der Waals surface area contributed by atoms with Crippen LogP contribution in [-0.4, -0.2) is 56.9 Å². The van der Waals surface area contributed by atoms with Gasteiger partial charge in [-0.2, -0.15) is 0 Å². The third kappa shape index (κ3) is 4.82. The summed E-state index contributed by atoms with van der Waals surface area (Å²) in [7, 11) is 0. The van der Waals surface area contributed by atoms with Crippen molar-refractivity contribution >= 4 is 23.6 Å². The van der Waals surface area contributed by atoms with E-state index in [1.54, 1.807) is 6.33 Å². The minimum Gasteiger partial charge on any atom is -0.355 e. The molecule has 0 saturated heterocycles. The van der Waals surface area contributed by atoms with Gasteiger partial charge in [-0.3, -0.25) is 14.2 Å². The van der Waals surface area contributed by atoms with Gasteiger partial charge in [0.15, 0.2) is 5.16 Å². The van der Waals surface area contributed by atoms with Crippen molar-refractivity contribution in [1.82, 2.24) is 25.0 Å². The number of amides is 2. The molecule has 2 aromatic rings. The van der Waals surface area contributed by atoms with E-state index < -0.39 is 0 Å². The first kappa shape index (κ1) is 18.0. The predicted molar refractivity (Wildman–Crippen MR) is 93.0 cm³/mol. The van der Waals surface area contributed by atoms with Crippen molar-refractivity contribution in [3.8, 4) is 5.69 Å². The summed E-state index contributed by atoms with van der Waals surface area (Å²) in [6.07, 6.45) is 1.62. The van der Waals surface area contributed by atoms with Crippen molar-refractivity contribution in [2.45, 2.75) is 19.0 Å². The van der Waals surface area contributed by atoms with Gasteiger partial charge < -0.3 is 10.2 Å². The normalized spacial score (nSPS) is 10.4. The van der Waals surface area contributed by atoms with Gasteiger partial charge in [-0.05, 0) is 26.0 Å². The molecule has 0 spiro atoms. The van der Waals surface area contributed by atoms with Crippen LogP contribution in [0, 0.1) is 0 Å². The van der Waals surface area contributed by atoms with Crippen LogP contribution in [0.5, 0.6) is 0 Å². The van der Waals surface area contributed by atoms with Crippen molar-refractivity contribution in [1.29, 1.82) is 0 Å². The third-order valence-corrected chi connectivity index (χ3v) is 4.25. The SMILES string of the molecule is CCNC(=O)CN(CC)C(=O)CSc1nncn1-c1ccccc1. The van der Waals surface area contributed by atoms with Crippen LogP contribution >= 0.6 is 11.8 Å². The molecule has 8 heteroatoms. The number of carbonyl (C=O) groups excluding carboxylic acids is 2. The van der Waals surface area contributed by atoms with Crippen molar-refractivity contribution in [3.63, 3.8) is 0 Å². The number of thioether (sulfide) groups is 1. The average molecular weight is 347 g/mol. The maximum absolute atomic E-state index is 12.3. The van der Waals surface area contributed by atoms with E-state index in [-0.39, 0.29) is 24.1 Å². The lowest BCUT2D eigenvalue weighted by Crippen LogP contribution is -2.41. The first-order valence-electron chi connectivity index (χ1n) is 7.78. The second-order valence-corrected chi connectivity index (χ2v) is 5.91. The van der Waals surface area contributed by atoms with Gasteiger partial charge in [0.2, 0.25) is 11.8 Å². The minimum absolute atomic E-state index is 0.0785. The lowest BCUT2D eigenvalue weighted by molar-refractivity contribution is -0.133. The Morgan fingerprint density at radius 1 is 1.25 bits per heavy atom. The molecule has 0 saturated carbocycles. The molecule has 1 heterocycles. The number of para-hydroxylation sites is 1. The molecule has 128 valence electrons. The van der Waals surface area contributed by atoms with Gasteiger partial charge in [-0.15, -0.1) is 10.2 Å². The number of hydrogen-bond donors (Lipinski definition) is 1. The molecule has 0 aliphatic carbocycles. The number of nitrogens with zero attached hydrogens (tertiary/aromatic N) is 4. The molecule has 1 aromatic heterocycles. The minimum atomic E-state index is -0.148. The molecule has 7 nitrogen and oxygen atoms in total. The van der Waals surface area contributed by atoms with Gasteiger partial charge in [-0.25, -0.2) is 0 Å². The molecule has 0 radical (unpaired) electrons. The lowest BCUT2D eigenvalue weighted by atomic mass is 10.3. The lowest BCUT2D eigenvalue weighted by Gasteiger charge is -2.19. The maximum Gasteiger partial charge on any atom is 0.239 e. The largest absolute Gasteiger partial charge is 0.355 e. The van der Waals surface area contributed by atoms with Crippen LogP contribution < -0.4 is 5.32 Å². The summed E-state index contributed by atoms with van der Waals surface area (Å²) in [5.74, 6) is -0.0415. The highest BCUT2D eigenvalue weighted by atomic mass is 32.2. The Hall–Kier alpha value is -2.35. The Kier molecular flexibility index (Phi) is 6.80. The van der Waals surface area contributed by atoms with Crippen molar-refractivity contribution in [2.24, 2.45) is 0 Å². The monoisotopic (exact) mass is 347 g/mol. The fourth-order valence-electron chi connectivity index (χ4n) is 2.11. The summed E-state index contributed by atoms with van der Waals surface area (Å²) < 4.78 is 1.83. The first-order chi connectivity index (χ1) is 11.7. The molecule has 0 aliphatic heterocycles. The Balaban J connectivity index is 1.97. The Morgan fingerprint density at radius 3 is 2.67 bits per heavy atom. The standard InChI is InChI=1S/C16H21N5O2S/c1-3-17-14(22)10-20(4-2)15(23)11-24-16-19-18-12-21(16)13-8-6-5-7-9-13/h5-9,12H,3-4,10-11H2,1-2H3,(H,17,22). The quantitative estimate of drug-likeness (QED) is 0.729. The van der Waals surface area contributed by atoms with Gasteiger partial charge in [0.25, 0.3) is 0 Å². The van der Waals surface area contributed by atoms with Crippen LogP contribution in [0.25, 0.3) is 5.69 Å². The molecule has 24 heavy (non-hydrogen) atoms. The Bertz CT molecular complexity index is 674. The van der Waals surface area contributed by atoms with Gasteiger partial charge in [0.1, 0.15) is 6.33 Å². The zero-order chi connectivity index (χ0) is 17.4. The fourth-order valence-corrected chi connectivity index (χ4v) is 2.94. The summed E-state index contributed by atoms with van der Waals surface area (Å²) >= 11 is 1.31. The highest BCUT2D eigenvalue weighted by Crippen LogP contribution is 2.19. The molecule has 2 rings (SSSR count). The highest BCUT2D eigenvalue weighted by Gasteiger charge is 2.17. The number of rotatable bonds is 8. The maximum atomic E-state index is 12.3. The second-order valence-electron chi connectivity index (χ2n) is 4.97. The van der Waals surface area contributed by atoms with Crippen molar-refractivity contribution in [2.75, 3.05) is 25.4 Å². The number of nitrogens with one attached hydrogen (secondary N) is 1. The molecule has 0 bridgehead atoms. The number of carbonyl (C=O) groups is 2. The van der Waals surface area contributed by atoms with E-state index in [0.717, 1.165) is 5.69 Å². The van der Waals surface area contributed by atoms with Gasteiger partial charge in [0, 0.05) is 18.8 Å². The zero-order valence-corrected chi connectivity index (χ0v) is 14.6. The summed E-state index contributed by atoms with van der Waals surface area (Å²) in [5.41, 5.74) is 0.937. The Labute approximate surface area is 145 Å². The van der Waals surface area contributed by atoms with E-state index in [4.69, 9.17) is 0 Å². The number of benzene rings is 1. The second kappa shape index (κ2) is 9.07. The van der Waals surface area contributed by atoms with E-state index in [1.807, 2.05) is 48.7 Å². The smallest absolute Gasteiger partial charge is 0.239 e. The summed E-state index contributed by atoms with van der Waals surface area (Å²) in [6, 6.07) is 9.69. The molecule has 0 aliphatic rings. The van der Waals surface area contributed by atoms with E-state index in [1.165, 1.54) is 16.7 Å². The summed E-state index contributed by atoms with van der Waals surface area (Å²) in [6.45, 7) is 4.83. The molecule has 1 aromatic carbocycles. The van der Waals surface area contributed by atoms with Gasteiger partial charge in [-0.1, -0.05) is 30.0 Å². The summed E-state index contributed by atoms with van der Waals surface area (Å²) in [5, 5.41) is 11.3.